The summed E-state index contributed by atoms with van der Waals surface area (Å²) in [5.74, 6) is 0. The van der Waals surface area contributed by atoms with Crippen LogP contribution in [0.25, 0.3) is 0 Å². The van der Waals surface area contributed by atoms with E-state index in [1.807, 2.05) is 6.20 Å². The van der Waals surface area contributed by atoms with Crippen molar-refractivity contribution in [2.24, 2.45) is 0 Å². The van der Waals surface area contributed by atoms with E-state index in [0.29, 0.717) is 0 Å². The van der Waals surface area contributed by atoms with Crippen LogP contribution in [0.5, 0.6) is 0 Å². The van der Waals surface area contributed by atoms with Crippen LogP contribution in [-0.2, 0) is 0 Å². The van der Waals surface area contributed by atoms with Gasteiger partial charge in [-0.15, -0.1) is 5.10 Å². The highest BCUT2D eigenvalue weighted by atomic mass is 15.4. The minimum Gasteiger partial charge on any atom is -0.304 e. The van der Waals surface area contributed by atoms with Crippen molar-refractivity contribution in [3.63, 3.8) is 0 Å². The second-order valence-electron chi connectivity index (χ2n) is 6.13. The molecule has 1 aromatic heterocycles. The van der Waals surface area contributed by atoms with Gasteiger partial charge in [0, 0.05) is 11.8 Å². The first-order chi connectivity index (χ1) is 6.66. The van der Waals surface area contributed by atoms with Crippen molar-refractivity contribution >= 4 is 20.3 Å². The summed E-state index contributed by atoms with van der Waals surface area (Å²) in [5.41, 5.74) is 0.933. The van der Waals surface area contributed by atoms with Gasteiger partial charge in [-0.1, -0.05) is 52.1 Å². The quantitative estimate of drug-likeness (QED) is 0.682. The maximum absolute atomic E-state index is 4.11. The summed E-state index contributed by atoms with van der Waals surface area (Å²) in [5, 5.41) is 8.44. The molecule has 0 saturated heterocycles. The molecular formula is C10H19B2N3. The van der Waals surface area contributed by atoms with E-state index >= 15 is 0 Å². The number of hydrogen-bond acceptors (Lipinski definition) is 2. The van der Waals surface area contributed by atoms with Crippen molar-refractivity contribution in [3.8, 4) is 0 Å². The molecular weight excluding hydrogens is 184 g/mol. The first kappa shape index (κ1) is 12.3. The summed E-state index contributed by atoms with van der Waals surface area (Å²) in [7, 11) is 4.17. The van der Waals surface area contributed by atoms with Crippen LogP contribution in [0.3, 0.4) is 0 Å². The molecule has 15 heavy (non-hydrogen) atoms. The largest absolute Gasteiger partial charge is 0.304 e. The molecule has 0 aliphatic rings. The second kappa shape index (κ2) is 4.03. The van der Waals surface area contributed by atoms with Gasteiger partial charge < -0.3 is 4.59 Å². The molecule has 1 aromatic rings. The van der Waals surface area contributed by atoms with Crippen molar-refractivity contribution in [1.29, 1.82) is 0 Å². The van der Waals surface area contributed by atoms with Crippen molar-refractivity contribution in [2.45, 2.75) is 52.2 Å². The number of aromatic nitrogens is 3. The van der Waals surface area contributed by atoms with Crippen LogP contribution in [0.4, 0.5) is 0 Å². The lowest BCUT2D eigenvalue weighted by Crippen LogP contribution is -2.24. The Balaban J connectivity index is 2.65. The van der Waals surface area contributed by atoms with E-state index in [0.717, 1.165) is 5.59 Å². The van der Waals surface area contributed by atoms with Gasteiger partial charge in [0.15, 0.2) is 7.28 Å². The van der Waals surface area contributed by atoms with Crippen LogP contribution in [0.2, 0.25) is 10.6 Å². The molecule has 5 heteroatoms. The maximum atomic E-state index is 4.11. The van der Waals surface area contributed by atoms with Gasteiger partial charge in [-0.2, -0.15) is 0 Å². The Morgan fingerprint density at radius 3 is 2.13 bits per heavy atom. The number of nitrogens with zero attached hydrogens (tertiary/aromatic N) is 3. The molecule has 0 amide bonds. The fourth-order valence-electron chi connectivity index (χ4n) is 1.26. The normalized spacial score (nSPS) is 12.7. The molecule has 0 fully saturated rings. The summed E-state index contributed by atoms with van der Waals surface area (Å²) in [4.78, 5) is 0. The summed E-state index contributed by atoms with van der Waals surface area (Å²) in [6.07, 6.45) is 1.95. The standard InChI is InChI=1S/C10H19B2N3/c1-9(2,3)11-8-7-15(14-13-8)12-10(4,5)6/h7H,1-6H3. The molecule has 80 valence electrons. The van der Waals surface area contributed by atoms with Gasteiger partial charge in [-0.25, -0.2) is 0 Å². The highest BCUT2D eigenvalue weighted by molar-refractivity contribution is 6.55. The van der Waals surface area contributed by atoms with Crippen LogP contribution in [-0.4, -0.2) is 29.6 Å². The fourth-order valence-corrected chi connectivity index (χ4v) is 1.26. The van der Waals surface area contributed by atoms with Gasteiger partial charge in [0.1, 0.15) is 0 Å². The smallest absolute Gasteiger partial charge is 0.287 e. The van der Waals surface area contributed by atoms with E-state index in [-0.39, 0.29) is 10.6 Å². The minimum absolute atomic E-state index is 0.118. The highest BCUT2D eigenvalue weighted by Gasteiger charge is 2.19. The van der Waals surface area contributed by atoms with Crippen LogP contribution in [0.15, 0.2) is 6.20 Å². The van der Waals surface area contributed by atoms with E-state index in [1.54, 1.807) is 4.59 Å². The molecule has 0 aliphatic heterocycles. The van der Waals surface area contributed by atoms with E-state index < -0.39 is 0 Å². The topological polar surface area (TPSA) is 30.7 Å². The highest BCUT2D eigenvalue weighted by Crippen LogP contribution is 2.20. The van der Waals surface area contributed by atoms with Crippen LogP contribution in [0, 0.1) is 0 Å². The van der Waals surface area contributed by atoms with Gasteiger partial charge in [-0.3, -0.25) is 0 Å². The Hall–Kier alpha value is -0.730. The molecule has 0 spiro atoms. The lowest BCUT2D eigenvalue weighted by Gasteiger charge is -2.15. The van der Waals surface area contributed by atoms with Gasteiger partial charge >= 0.3 is 0 Å². The predicted molar refractivity (Wildman–Crippen MR) is 66.0 cm³/mol. The molecule has 0 bridgehead atoms. The summed E-state index contributed by atoms with van der Waals surface area (Å²) >= 11 is 0. The zero-order chi connectivity index (χ0) is 11.7. The maximum Gasteiger partial charge on any atom is 0.287 e. The SMILES string of the molecule is CC(C)(C)[B]c1cn([B]C(C)(C)C)nn1. The van der Waals surface area contributed by atoms with Crippen molar-refractivity contribution in [2.75, 3.05) is 0 Å². The third-order valence-corrected chi connectivity index (χ3v) is 1.63. The average Bonchev–Trinajstić information content (AvgIpc) is 2.28. The molecule has 0 unspecified atom stereocenters. The Kier molecular flexibility index (Phi) is 3.31. The van der Waals surface area contributed by atoms with Gasteiger partial charge in [-0.05, 0) is 5.31 Å². The first-order valence-corrected chi connectivity index (χ1v) is 5.29. The van der Waals surface area contributed by atoms with E-state index in [1.165, 1.54) is 0 Å². The zero-order valence-corrected chi connectivity index (χ0v) is 10.6. The Labute approximate surface area is 94.1 Å². The second-order valence-corrected chi connectivity index (χ2v) is 6.13. The summed E-state index contributed by atoms with van der Waals surface area (Å²) < 4.78 is 1.79. The molecule has 3 nitrogen and oxygen atoms in total. The number of hydrogen-bond donors (Lipinski definition) is 0. The summed E-state index contributed by atoms with van der Waals surface area (Å²) in [6, 6.07) is 0. The first-order valence-electron chi connectivity index (χ1n) is 5.29. The fraction of sp³-hybridized carbons (Fsp3) is 0.800. The van der Waals surface area contributed by atoms with Crippen molar-refractivity contribution in [3.05, 3.63) is 6.20 Å². The molecule has 0 aromatic carbocycles. The van der Waals surface area contributed by atoms with Gasteiger partial charge in [0.2, 0.25) is 0 Å². The third kappa shape index (κ3) is 5.05. The summed E-state index contributed by atoms with van der Waals surface area (Å²) in [6.45, 7) is 12.9. The molecule has 0 saturated carbocycles. The van der Waals surface area contributed by atoms with Crippen LogP contribution < -0.4 is 5.59 Å². The van der Waals surface area contributed by atoms with Crippen molar-refractivity contribution < 1.29 is 0 Å². The molecule has 0 aliphatic carbocycles. The van der Waals surface area contributed by atoms with E-state index in [9.17, 15) is 0 Å². The molecule has 1 heterocycles. The van der Waals surface area contributed by atoms with Crippen molar-refractivity contribution in [1.82, 2.24) is 14.9 Å². The van der Waals surface area contributed by atoms with Gasteiger partial charge in [0.25, 0.3) is 7.41 Å². The predicted octanol–water partition coefficient (Wildman–Crippen LogP) is 1.51. The molecule has 0 N–H and O–H groups in total. The van der Waals surface area contributed by atoms with E-state index in [4.69, 9.17) is 0 Å². The monoisotopic (exact) mass is 203 g/mol. The average molecular weight is 203 g/mol. The van der Waals surface area contributed by atoms with Gasteiger partial charge in [0.05, 0.1) is 0 Å². The Morgan fingerprint density at radius 2 is 1.67 bits per heavy atom. The minimum atomic E-state index is 0.118. The Morgan fingerprint density at radius 1 is 1.07 bits per heavy atom. The zero-order valence-electron chi connectivity index (χ0n) is 10.6. The third-order valence-electron chi connectivity index (χ3n) is 1.63. The Bertz CT molecular complexity index is 290. The van der Waals surface area contributed by atoms with E-state index in [2.05, 4.69) is 66.5 Å². The lowest BCUT2D eigenvalue weighted by molar-refractivity contribution is 0.716. The van der Waals surface area contributed by atoms with Crippen LogP contribution >= 0.6 is 0 Å². The number of rotatable bonds is 2. The van der Waals surface area contributed by atoms with Crippen LogP contribution in [0.1, 0.15) is 41.5 Å². The molecule has 1 rings (SSSR count). The molecule has 0 atom stereocenters. The lowest BCUT2D eigenvalue weighted by atomic mass is 9.53. The molecule has 2 radical (unpaired) electrons.